The summed E-state index contributed by atoms with van der Waals surface area (Å²) in [5.41, 5.74) is 0.975. The van der Waals surface area contributed by atoms with Crippen LogP contribution in [0.15, 0.2) is 18.3 Å². The lowest BCUT2D eigenvalue weighted by Gasteiger charge is -2.30. The summed E-state index contributed by atoms with van der Waals surface area (Å²) in [6.07, 6.45) is 4.28. The van der Waals surface area contributed by atoms with Crippen LogP contribution >= 0.6 is 11.6 Å². The highest BCUT2D eigenvalue weighted by atomic mass is 35.5. The molecule has 0 amide bonds. The summed E-state index contributed by atoms with van der Waals surface area (Å²) in [7, 11) is 2.15. The van der Waals surface area contributed by atoms with E-state index in [4.69, 9.17) is 11.6 Å². The van der Waals surface area contributed by atoms with Crippen LogP contribution < -0.4 is 5.32 Å². The number of fused-ring (bicyclic) bond motifs is 1. The van der Waals surface area contributed by atoms with Crippen LogP contribution in [0, 0.1) is 0 Å². The second kappa shape index (κ2) is 4.74. The summed E-state index contributed by atoms with van der Waals surface area (Å²) in [6, 6.07) is 4.37. The first-order chi connectivity index (χ1) is 8.74. The quantitative estimate of drug-likeness (QED) is 0.901. The highest BCUT2D eigenvalue weighted by Crippen LogP contribution is 2.20. The lowest BCUT2D eigenvalue weighted by Crippen LogP contribution is -2.40. The molecule has 5 nitrogen and oxygen atoms in total. The van der Waals surface area contributed by atoms with Crippen LogP contribution in [-0.2, 0) is 0 Å². The van der Waals surface area contributed by atoms with Crippen LogP contribution in [-0.4, -0.2) is 45.7 Å². The maximum Gasteiger partial charge on any atom is 0.228 e. The monoisotopic (exact) mass is 265 g/mol. The molecule has 0 radical (unpaired) electrons. The van der Waals surface area contributed by atoms with Crippen molar-refractivity contribution in [2.75, 3.05) is 25.5 Å². The highest BCUT2D eigenvalue weighted by molar-refractivity contribution is 6.28. The van der Waals surface area contributed by atoms with E-state index >= 15 is 0 Å². The van der Waals surface area contributed by atoms with Gasteiger partial charge in [-0.05, 0) is 50.2 Å². The standard InChI is InChI=1S/C12H16ClN5/c1-17-6-2-4-9(8-17)14-11-10-5-3-7-18(10)12(13)16-15-11/h3,5,7,9H,2,4,6,8H2,1H3,(H,14,15)/t9-/m1/s1. The fourth-order valence-electron chi connectivity index (χ4n) is 2.51. The number of hydrogen-bond donors (Lipinski definition) is 1. The maximum atomic E-state index is 5.99. The van der Waals surface area contributed by atoms with E-state index in [2.05, 4.69) is 27.5 Å². The SMILES string of the molecule is CN1CCC[C@@H](Nc2nnc(Cl)n3cccc23)C1. The number of piperidine rings is 1. The van der Waals surface area contributed by atoms with Gasteiger partial charge in [0.05, 0.1) is 5.52 Å². The molecule has 0 spiro atoms. The minimum atomic E-state index is 0.390. The molecule has 18 heavy (non-hydrogen) atoms. The van der Waals surface area contributed by atoms with Gasteiger partial charge in [-0.3, -0.25) is 4.40 Å². The van der Waals surface area contributed by atoms with Gasteiger partial charge in [0.15, 0.2) is 5.82 Å². The zero-order valence-corrected chi connectivity index (χ0v) is 11.1. The number of hydrogen-bond acceptors (Lipinski definition) is 4. The predicted molar refractivity (Wildman–Crippen MR) is 72.1 cm³/mol. The molecule has 1 aliphatic heterocycles. The normalized spacial score (nSPS) is 21.3. The molecule has 1 aliphatic rings. The number of likely N-dealkylation sites (N-methyl/N-ethyl adjacent to an activating group) is 1. The summed E-state index contributed by atoms with van der Waals surface area (Å²) in [5.74, 6) is 0.810. The minimum absolute atomic E-state index is 0.390. The van der Waals surface area contributed by atoms with Gasteiger partial charge >= 0.3 is 0 Å². The van der Waals surface area contributed by atoms with Crippen molar-refractivity contribution in [1.29, 1.82) is 0 Å². The summed E-state index contributed by atoms with van der Waals surface area (Å²) in [5, 5.41) is 12.0. The second-order valence-corrected chi connectivity index (χ2v) is 5.16. The molecule has 2 aromatic rings. The number of nitrogens with zero attached hydrogens (tertiary/aromatic N) is 4. The van der Waals surface area contributed by atoms with E-state index < -0.39 is 0 Å². The number of halogens is 1. The molecule has 0 unspecified atom stereocenters. The molecule has 0 bridgehead atoms. The number of likely N-dealkylation sites (tertiary alicyclic amines) is 1. The van der Waals surface area contributed by atoms with Crippen molar-refractivity contribution in [1.82, 2.24) is 19.5 Å². The molecule has 1 saturated heterocycles. The topological polar surface area (TPSA) is 45.5 Å². The van der Waals surface area contributed by atoms with Crippen molar-refractivity contribution in [2.24, 2.45) is 0 Å². The minimum Gasteiger partial charge on any atom is -0.363 e. The van der Waals surface area contributed by atoms with Gasteiger partial charge in [-0.1, -0.05) is 0 Å². The highest BCUT2D eigenvalue weighted by Gasteiger charge is 2.18. The molecule has 0 saturated carbocycles. The van der Waals surface area contributed by atoms with E-state index in [-0.39, 0.29) is 0 Å². The first kappa shape index (κ1) is 11.7. The number of aromatic nitrogens is 3. The maximum absolute atomic E-state index is 5.99. The third-order valence-electron chi connectivity index (χ3n) is 3.39. The molecule has 1 N–H and O–H groups in total. The van der Waals surface area contributed by atoms with Gasteiger partial charge in [0, 0.05) is 18.8 Å². The van der Waals surface area contributed by atoms with Gasteiger partial charge in [0.25, 0.3) is 0 Å². The summed E-state index contributed by atoms with van der Waals surface area (Å²) in [6.45, 7) is 2.21. The van der Waals surface area contributed by atoms with Gasteiger partial charge in [-0.25, -0.2) is 0 Å². The summed E-state index contributed by atoms with van der Waals surface area (Å²) < 4.78 is 1.84. The van der Waals surface area contributed by atoms with Crippen molar-refractivity contribution in [3.63, 3.8) is 0 Å². The molecule has 3 rings (SSSR count). The third-order valence-corrected chi connectivity index (χ3v) is 3.65. The lowest BCUT2D eigenvalue weighted by atomic mass is 10.1. The smallest absolute Gasteiger partial charge is 0.228 e. The Morgan fingerprint density at radius 2 is 2.33 bits per heavy atom. The fraction of sp³-hybridized carbons (Fsp3) is 0.500. The fourth-order valence-corrected chi connectivity index (χ4v) is 2.69. The molecular weight excluding hydrogens is 250 g/mol. The molecule has 0 aromatic carbocycles. The van der Waals surface area contributed by atoms with Crippen LogP contribution in [0.25, 0.3) is 5.52 Å². The number of anilines is 1. The summed E-state index contributed by atoms with van der Waals surface area (Å²) >= 11 is 5.99. The van der Waals surface area contributed by atoms with Crippen LogP contribution in [0.1, 0.15) is 12.8 Å². The molecule has 96 valence electrons. The molecule has 1 fully saturated rings. The van der Waals surface area contributed by atoms with Crippen LogP contribution in [0.4, 0.5) is 5.82 Å². The summed E-state index contributed by atoms with van der Waals surface area (Å²) in [4.78, 5) is 2.33. The van der Waals surface area contributed by atoms with Gasteiger partial charge in [-0.15, -0.1) is 10.2 Å². The third kappa shape index (κ3) is 2.15. The average molecular weight is 266 g/mol. The predicted octanol–water partition coefficient (Wildman–Crippen LogP) is 1.89. The zero-order valence-electron chi connectivity index (χ0n) is 10.3. The Kier molecular flexibility index (Phi) is 3.09. The van der Waals surface area contributed by atoms with E-state index in [1.165, 1.54) is 19.4 Å². The van der Waals surface area contributed by atoms with Crippen molar-refractivity contribution >= 4 is 22.9 Å². The number of rotatable bonds is 2. The Morgan fingerprint density at radius 3 is 3.17 bits per heavy atom. The Labute approximate surface area is 111 Å². The number of nitrogens with one attached hydrogen (secondary N) is 1. The molecule has 2 aromatic heterocycles. The van der Waals surface area contributed by atoms with E-state index in [1.54, 1.807) is 0 Å². The molecule has 3 heterocycles. The molecule has 6 heteroatoms. The Bertz CT molecular complexity index is 552. The van der Waals surface area contributed by atoms with Crippen LogP contribution in [0.3, 0.4) is 0 Å². The van der Waals surface area contributed by atoms with Crippen molar-refractivity contribution in [3.05, 3.63) is 23.6 Å². The van der Waals surface area contributed by atoms with Crippen LogP contribution in [0.2, 0.25) is 5.28 Å². The van der Waals surface area contributed by atoms with Gasteiger partial charge in [-0.2, -0.15) is 0 Å². The zero-order chi connectivity index (χ0) is 12.5. The van der Waals surface area contributed by atoms with E-state index in [9.17, 15) is 0 Å². The Morgan fingerprint density at radius 1 is 1.44 bits per heavy atom. The second-order valence-electron chi connectivity index (χ2n) is 4.83. The van der Waals surface area contributed by atoms with E-state index in [0.29, 0.717) is 11.3 Å². The molecular formula is C12H16ClN5. The Balaban J connectivity index is 1.86. The van der Waals surface area contributed by atoms with Crippen molar-refractivity contribution in [3.8, 4) is 0 Å². The average Bonchev–Trinajstić information content (AvgIpc) is 2.83. The van der Waals surface area contributed by atoms with Gasteiger partial charge < -0.3 is 10.2 Å². The van der Waals surface area contributed by atoms with E-state index in [0.717, 1.165) is 17.9 Å². The first-order valence-corrected chi connectivity index (χ1v) is 6.56. The van der Waals surface area contributed by atoms with Gasteiger partial charge in [0.1, 0.15) is 0 Å². The van der Waals surface area contributed by atoms with Gasteiger partial charge in [0.2, 0.25) is 5.28 Å². The molecule has 1 atom stereocenters. The van der Waals surface area contributed by atoms with E-state index in [1.807, 2.05) is 22.7 Å². The lowest BCUT2D eigenvalue weighted by molar-refractivity contribution is 0.260. The van der Waals surface area contributed by atoms with Crippen molar-refractivity contribution in [2.45, 2.75) is 18.9 Å². The Hall–Kier alpha value is -1.33. The van der Waals surface area contributed by atoms with Crippen molar-refractivity contribution < 1.29 is 0 Å². The first-order valence-electron chi connectivity index (χ1n) is 6.18. The largest absolute Gasteiger partial charge is 0.363 e. The van der Waals surface area contributed by atoms with Crippen LogP contribution in [0.5, 0.6) is 0 Å². The molecule has 0 aliphatic carbocycles.